The van der Waals surface area contributed by atoms with Gasteiger partial charge in [-0.1, -0.05) is 13.8 Å². The molecule has 0 saturated heterocycles. The number of anilines is 1. The van der Waals surface area contributed by atoms with Crippen molar-refractivity contribution in [2.24, 2.45) is 0 Å². The van der Waals surface area contributed by atoms with E-state index in [-0.39, 0.29) is 5.69 Å². The number of nitrogens with zero attached hydrogens (tertiary/aromatic N) is 1. The van der Waals surface area contributed by atoms with Crippen molar-refractivity contribution >= 4 is 11.6 Å². The molecular formula is C19H22F3N2O+. The van der Waals surface area contributed by atoms with Gasteiger partial charge in [0.25, 0.3) is 5.91 Å². The third-order valence-corrected chi connectivity index (χ3v) is 4.45. The van der Waals surface area contributed by atoms with Crippen molar-refractivity contribution in [1.82, 2.24) is 0 Å². The highest BCUT2D eigenvalue weighted by molar-refractivity contribution is 5.92. The first-order valence-electron chi connectivity index (χ1n) is 8.34. The van der Waals surface area contributed by atoms with E-state index >= 15 is 0 Å². The summed E-state index contributed by atoms with van der Waals surface area (Å²) in [5.41, 5.74) is 0.811. The largest absolute Gasteiger partial charge is 0.318 e. The minimum Gasteiger partial charge on any atom is -0.318 e. The molecule has 1 aromatic heterocycles. The zero-order chi connectivity index (χ0) is 18.6. The first-order chi connectivity index (χ1) is 11.9. The van der Waals surface area contributed by atoms with E-state index in [9.17, 15) is 18.0 Å². The maximum atomic E-state index is 13.7. The molecule has 6 heteroatoms. The second-order valence-electron chi connectivity index (χ2n) is 5.98. The summed E-state index contributed by atoms with van der Waals surface area (Å²) < 4.78 is 41.5. The second-order valence-corrected chi connectivity index (χ2v) is 5.98. The van der Waals surface area contributed by atoms with Crippen molar-refractivity contribution in [3.8, 4) is 0 Å². The summed E-state index contributed by atoms with van der Waals surface area (Å²) in [6.45, 7) is 5.90. The Hall–Kier alpha value is -2.37. The first-order valence-corrected chi connectivity index (χ1v) is 8.34. The Morgan fingerprint density at radius 1 is 1.04 bits per heavy atom. The lowest BCUT2D eigenvalue weighted by atomic mass is 9.95. The number of amides is 1. The van der Waals surface area contributed by atoms with Crippen molar-refractivity contribution in [3.63, 3.8) is 0 Å². The van der Waals surface area contributed by atoms with Crippen molar-refractivity contribution in [1.29, 1.82) is 0 Å². The van der Waals surface area contributed by atoms with E-state index in [1.807, 2.05) is 12.1 Å². The van der Waals surface area contributed by atoms with Crippen molar-refractivity contribution in [3.05, 3.63) is 59.7 Å². The number of carbonyl (C=O) groups excluding carboxylic acids is 1. The van der Waals surface area contributed by atoms with E-state index in [0.717, 1.165) is 25.0 Å². The van der Waals surface area contributed by atoms with Crippen LogP contribution in [0.1, 0.15) is 51.1 Å². The Bertz CT molecular complexity index is 743. The van der Waals surface area contributed by atoms with Gasteiger partial charge in [-0.3, -0.25) is 4.79 Å². The van der Waals surface area contributed by atoms with E-state index in [2.05, 4.69) is 19.2 Å². The highest BCUT2D eigenvalue weighted by atomic mass is 19.2. The van der Waals surface area contributed by atoms with E-state index in [1.165, 1.54) is 5.56 Å². The van der Waals surface area contributed by atoms with Gasteiger partial charge in [0, 0.05) is 19.1 Å². The Balaban J connectivity index is 2.13. The van der Waals surface area contributed by atoms with Gasteiger partial charge in [0.1, 0.15) is 0 Å². The van der Waals surface area contributed by atoms with Crippen LogP contribution in [0.25, 0.3) is 0 Å². The number of aromatic nitrogens is 1. The lowest BCUT2D eigenvalue weighted by Crippen LogP contribution is -2.44. The van der Waals surface area contributed by atoms with E-state index < -0.39 is 29.4 Å². The number of rotatable bonds is 6. The monoisotopic (exact) mass is 351 g/mol. The number of halogens is 3. The molecule has 0 fully saturated rings. The van der Waals surface area contributed by atoms with Crippen molar-refractivity contribution < 1.29 is 22.5 Å². The van der Waals surface area contributed by atoms with Gasteiger partial charge in [-0.15, -0.1) is 0 Å². The Morgan fingerprint density at radius 2 is 1.64 bits per heavy atom. The third-order valence-electron chi connectivity index (χ3n) is 4.45. The molecule has 0 aliphatic carbocycles. The number of hydrogen-bond acceptors (Lipinski definition) is 1. The normalized spacial score (nSPS) is 12.3. The quantitative estimate of drug-likeness (QED) is 0.603. The van der Waals surface area contributed by atoms with E-state index in [4.69, 9.17) is 0 Å². The summed E-state index contributed by atoms with van der Waals surface area (Å²) in [7, 11) is 0. The van der Waals surface area contributed by atoms with Crippen LogP contribution in [0.2, 0.25) is 0 Å². The molecule has 1 aromatic carbocycles. The Labute approximate surface area is 145 Å². The van der Waals surface area contributed by atoms with Gasteiger partial charge in [-0.25, -0.2) is 13.2 Å². The predicted molar refractivity (Wildman–Crippen MR) is 89.6 cm³/mol. The average molecular weight is 351 g/mol. The maximum Gasteiger partial charge on any atom is 0.293 e. The summed E-state index contributed by atoms with van der Waals surface area (Å²) in [5, 5.41) is 2.29. The molecule has 1 amide bonds. The van der Waals surface area contributed by atoms with Gasteiger partial charge in [0.15, 0.2) is 29.8 Å². The molecule has 0 radical (unpaired) electrons. The van der Waals surface area contributed by atoms with Crippen LogP contribution in [0.3, 0.4) is 0 Å². The third kappa shape index (κ3) is 4.18. The van der Waals surface area contributed by atoms with Gasteiger partial charge in [0.2, 0.25) is 6.04 Å². The first kappa shape index (κ1) is 19.0. The van der Waals surface area contributed by atoms with Crippen LogP contribution in [0.5, 0.6) is 0 Å². The second kappa shape index (κ2) is 8.14. The maximum absolute atomic E-state index is 13.7. The molecule has 134 valence electrons. The summed E-state index contributed by atoms with van der Waals surface area (Å²) in [5.74, 6) is -4.36. The van der Waals surface area contributed by atoms with Gasteiger partial charge in [0.05, 0.1) is 5.69 Å². The molecule has 0 spiro atoms. The average Bonchev–Trinajstić information content (AvgIpc) is 2.63. The van der Waals surface area contributed by atoms with E-state index in [0.29, 0.717) is 5.92 Å². The van der Waals surface area contributed by atoms with Crippen LogP contribution in [-0.2, 0) is 4.79 Å². The topological polar surface area (TPSA) is 33.0 Å². The van der Waals surface area contributed by atoms with Crippen LogP contribution in [0, 0.1) is 17.5 Å². The summed E-state index contributed by atoms with van der Waals surface area (Å²) in [6, 6.07) is 5.05. The lowest BCUT2D eigenvalue weighted by molar-refractivity contribution is -0.705. The fourth-order valence-electron chi connectivity index (χ4n) is 2.73. The molecule has 1 heterocycles. The summed E-state index contributed by atoms with van der Waals surface area (Å²) in [6.07, 6.45) is 5.65. The molecular weight excluding hydrogens is 329 g/mol. The Kier molecular flexibility index (Phi) is 6.17. The van der Waals surface area contributed by atoms with Gasteiger partial charge < -0.3 is 5.32 Å². The Morgan fingerprint density at radius 3 is 2.20 bits per heavy atom. The van der Waals surface area contributed by atoms with Crippen LogP contribution >= 0.6 is 0 Å². The number of hydrogen-bond donors (Lipinski definition) is 1. The predicted octanol–water partition coefficient (Wildman–Crippen LogP) is 4.49. The molecule has 0 unspecified atom stereocenters. The SMILES string of the molecule is CCC(CC)c1cc[n+]([C@@H](C)C(=O)Nc2ccc(F)c(F)c2F)cc1. The number of pyridine rings is 1. The minimum atomic E-state index is -1.60. The highest BCUT2D eigenvalue weighted by Gasteiger charge is 2.24. The van der Waals surface area contributed by atoms with Gasteiger partial charge in [-0.05, 0) is 36.5 Å². The minimum absolute atomic E-state index is 0.384. The number of benzene rings is 1. The molecule has 0 aliphatic heterocycles. The zero-order valence-corrected chi connectivity index (χ0v) is 14.5. The molecule has 2 rings (SSSR count). The van der Waals surface area contributed by atoms with Gasteiger partial charge >= 0.3 is 0 Å². The molecule has 0 bridgehead atoms. The molecule has 25 heavy (non-hydrogen) atoms. The number of carbonyl (C=O) groups is 1. The molecule has 1 atom stereocenters. The fraction of sp³-hybridized carbons (Fsp3) is 0.368. The van der Waals surface area contributed by atoms with Gasteiger partial charge in [-0.2, -0.15) is 4.57 Å². The lowest BCUT2D eigenvalue weighted by Gasteiger charge is -2.13. The summed E-state index contributed by atoms with van der Waals surface area (Å²) >= 11 is 0. The van der Waals surface area contributed by atoms with Crippen LogP contribution in [-0.4, -0.2) is 5.91 Å². The highest BCUT2D eigenvalue weighted by Crippen LogP contribution is 2.22. The zero-order valence-electron chi connectivity index (χ0n) is 14.5. The van der Waals surface area contributed by atoms with Crippen molar-refractivity contribution in [2.45, 2.75) is 45.6 Å². The van der Waals surface area contributed by atoms with Crippen molar-refractivity contribution in [2.75, 3.05) is 5.32 Å². The smallest absolute Gasteiger partial charge is 0.293 e. The van der Waals surface area contributed by atoms with Crippen LogP contribution < -0.4 is 9.88 Å². The van der Waals surface area contributed by atoms with Crippen LogP contribution in [0.4, 0.5) is 18.9 Å². The van der Waals surface area contributed by atoms with Crippen LogP contribution in [0.15, 0.2) is 36.7 Å². The molecule has 0 aliphatic rings. The molecule has 3 nitrogen and oxygen atoms in total. The van der Waals surface area contributed by atoms with E-state index in [1.54, 1.807) is 23.9 Å². The standard InChI is InChI=1S/C19H21F3N2O/c1-4-13(5-2)14-8-10-24(11-9-14)12(3)19(25)23-16-7-6-15(20)17(21)18(16)22/h6-13H,4-5H2,1-3H3/p+1/t12-/m0/s1. The fourth-order valence-corrected chi connectivity index (χ4v) is 2.73. The molecule has 0 saturated carbocycles. The summed E-state index contributed by atoms with van der Waals surface area (Å²) in [4.78, 5) is 12.3. The molecule has 2 aromatic rings. The molecule has 1 N–H and O–H groups in total. The number of nitrogens with one attached hydrogen (secondary N) is 1.